The van der Waals surface area contributed by atoms with Gasteiger partial charge in [0, 0.05) is 52.7 Å². The number of hydrogen-bond donors (Lipinski definition) is 0. The molecule has 2 heteroatoms. The van der Waals surface area contributed by atoms with Gasteiger partial charge in [0.2, 0.25) is 0 Å². The Labute approximate surface area is 192 Å². The van der Waals surface area contributed by atoms with E-state index < -0.39 is 0 Å². The van der Waals surface area contributed by atoms with Gasteiger partial charge in [-0.3, -0.25) is 0 Å². The van der Waals surface area contributed by atoms with Crippen LogP contribution >= 0.6 is 0 Å². The molecule has 2 saturated carbocycles. The van der Waals surface area contributed by atoms with Gasteiger partial charge in [0.05, 0.1) is 0 Å². The standard InChI is InChI=1S/C23H32F.Yb/c1-3-18-6-10-21(11-7-18)22-12-8-19(9-13-22)4-5-20-14-17(2)15-23(24)16-20;/h3,14,16,18-19,21-22H,1,4-13H2,2H3;/q-1;. The van der Waals surface area contributed by atoms with Crippen LogP contribution in [0.2, 0.25) is 0 Å². The molecule has 0 aromatic heterocycles. The van der Waals surface area contributed by atoms with Crippen molar-refractivity contribution in [3.8, 4) is 0 Å². The molecule has 25 heavy (non-hydrogen) atoms. The third-order valence-electron chi connectivity index (χ3n) is 6.58. The van der Waals surface area contributed by atoms with E-state index in [1.165, 1.54) is 57.8 Å². The second kappa shape index (κ2) is 10.7. The summed E-state index contributed by atoms with van der Waals surface area (Å²) in [5.41, 5.74) is 2.07. The molecule has 1 aromatic rings. The van der Waals surface area contributed by atoms with Crippen molar-refractivity contribution >= 4 is 0 Å². The van der Waals surface area contributed by atoms with Gasteiger partial charge in [0.15, 0.2) is 0 Å². The van der Waals surface area contributed by atoms with Gasteiger partial charge in [-0.2, -0.15) is 17.2 Å². The summed E-state index contributed by atoms with van der Waals surface area (Å²) in [6.07, 6.45) is 15.6. The smallest absolute Gasteiger partial charge is 0.0114 e. The molecule has 0 atom stereocenters. The summed E-state index contributed by atoms with van der Waals surface area (Å²) in [7, 11) is 0. The van der Waals surface area contributed by atoms with Crippen LogP contribution in [0.5, 0.6) is 0 Å². The van der Waals surface area contributed by atoms with Crippen LogP contribution in [0.1, 0.15) is 68.9 Å². The third-order valence-corrected chi connectivity index (χ3v) is 6.58. The van der Waals surface area contributed by atoms with Gasteiger partial charge < -0.3 is 0 Å². The fourth-order valence-electron chi connectivity index (χ4n) is 5.06. The molecule has 0 spiro atoms. The first kappa shape index (κ1) is 21.7. The molecule has 2 aliphatic carbocycles. The zero-order valence-electron chi connectivity index (χ0n) is 15.5. The second-order valence-electron chi connectivity index (χ2n) is 8.25. The normalized spacial score (nSPS) is 29.7. The minimum atomic E-state index is -0.205. The zero-order valence-corrected chi connectivity index (χ0v) is 17.2. The Morgan fingerprint density at radius 3 is 2.20 bits per heavy atom. The van der Waals surface area contributed by atoms with Crippen molar-refractivity contribution in [1.82, 2.24) is 0 Å². The van der Waals surface area contributed by atoms with Crippen LogP contribution in [0.4, 0.5) is 4.39 Å². The van der Waals surface area contributed by atoms with Crippen LogP contribution < -0.4 is 0 Å². The van der Waals surface area contributed by atoms with E-state index in [0.717, 1.165) is 41.2 Å². The molecule has 3 rings (SSSR count). The van der Waals surface area contributed by atoms with Gasteiger partial charge >= 0.3 is 0 Å². The maximum Gasteiger partial charge on any atom is 0.0114 e. The molecular formula is C23H32FYb-. The first-order valence-electron chi connectivity index (χ1n) is 9.95. The maximum atomic E-state index is 13.4. The number of rotatable bonds is 5. The Morgan fingerprint density at radius 1 is 1.04 bits per heavy atom. The average Bonchev–Trinajstić information content (AvgIpc) is 2.60. The zero-order chi connectivity index (χ0) is 16.9. The molecule has 0 amide bonds. The molecule has 2 aliphatic rings. The summed E-state index contributed by atoms with van der Waals surface area (Å²) in [6.45, 7) is 5.89. The Morgan fingerprint density at radius 2 is 1.64 bits per heavy atom. The molecular weight excluding hydrogens is 468 g/mol. The van der Waals surface area contributed by atoms with E-state index in [1.807, 2.05) is 6.92 Å². The summed E-state index contributed by atoms with van der Waals surface area (Å²) < 4.78 is 13.4. The SMILES string of the molecule is C=CC1CCC(C2CCC(CCc3cc(C)[c-]c(F)c3)CC2)CC1.[Yb]. The predicted octanol–water partition coefficient (Wildman–Crippen LogP) is 6.67. The van der Waals surface area contributed by atoms with Crippen molar-refractivity contribution in [3.63, 3.8) is 0 Å². The predicted molar refractivity (Wildman–Crippen MR) is 99.4 cm³/mol. The van der Waals surface area contributed by atoms with Crippen LogP contribution in [-0.2, 0) is 6.42 Å². The van der Waals surface area contributed by atoms with Gasteiger partial charge in [-0.1, -0.05) is 32.3 Å². The van der Waals surface area contributed by atoms with E-state index in [2.05, 4.69) is 24.8 Å². The molecule has 146 valence electrons. The maximum absolute atomic E-state index is 13.4. The Hall–Kier alpha value is 0.409. The Kier molecular flexibility index (Phi) is 9.26. The average molecular weight is 501 g/mol. The van der Waals surface area contributed by atoms with Crippen molar-refractivity contribution in [2.45, 2.75) is 71.1 Å². The molecule has 0 bridgehead atoms. The summed E-state index contributed by atoms with van der Waals surface area (Å²) >= 11 is 0. The van der Waals surface area contributed by atoms with Crippen LogP contribution in [0.15, 0.2) is 24.8 Å². The molecule has 0 radical (unpaired) electrons. The van der Waals surface area contributed by atoms with E-state index in [4.69, 9.17) is 0 Å². The fraction of sp³-hybridized carbons (Fsp3) is 0.652. The molecule has 1 aromatic carbocycles. The summed E-state index contributed by atoms with van der Waals surface area (Å²) in [5, 5.41) is 0. The van der Waals surface area contributed by atoms with Crippen LogP contribution in [0.3, 0.4) is 0 Å². The molecule has 0 saturated heterocycles. The van der Waals surface area contributed by atoms with Crippen LogP contribution in [-0.4, -0.2) is 0 Å². The fourth-order valence-corrected chi connectivity index (χ4v) is 5.06. The Bertz CT molecular complexity index is 517. The van der Waals surface area contributed by atoms with Crippen LogP contribution in [0, 0.1) is 89.4 Å². The van der Waals surface area contributed by atoms with Crippen molar-refractivity contribution in [2.24, 2.45) is 23.7 Å². The van der Waals surface area contributed by atoms with Crippen molar-refractivity contribution in [1.29, 1.82) is 0 Å². The molecule has 0 heterocycles. The topological polar surface area (TPSA) is 0 Å². The Balaban J connectivity index is 0.00000225. The van der Waals surface area contributed by atoms with Crippen molar-refractivity contribution in [3.05, 3.63) is 47.8 Å². The minimum Gasteiger partial charge on any atom is -0.236 e. The monoisotopic (exact) mass is 501 g/mol. The van der Waals surface area contributed by atoms with Gasteiger partial charge in [-0.15, -0.1) is 18.7 Å². The van der Waals surface area contributed by atoms with Crippen LogP contribution in [0.25, 0.3) is 0 Å². The largest absolute Gasteiger partial charge is 0.236 e. The number of halogens is 1. The summed E-state index contributed by atoms with van der Waals surface area (Å²) in [4.78, 5) is 0. The first-order chi connectivity index (χ1) is 11.6. The number of allylic oxidation sites excluding steroid dienone is 1. The molecule has 0 unspecified atom stereocenters. The first-order valence-corrected chi connectivity index (χ1v) is 9.95. The minimum absolute atomic E-state index is 0. The van der Waals surface area contributed by atoms with Crippen molar-refractivity contribution < 1.29 is 51.3 Å². The summed E-state index contributed by atoms with van der Waals surface area (Å²) in [6, 6.07) is 6.48. The van der Waals surface area contributed by atoms with E-state index in [0.29, 0.717) is 0 Å². The molecule has 0 aliphatic heterocycles. The van der Waals surface area contributed by atoms with E-state index in [1.54, 1.807) is 6.07 Å². The third kappa shape index (κ3) is 6.51. The number of hydrogen-bond acceptors (Lipinski definition) is 0. The van der Waals surface area contributed by atoms with Gasteiger partial charge in [0.1, 0.15) is 0 Å². The molecule has 0 N–H and O–H groups in total. The van der Waals surface area contributed by atoms with Gasteiger partial charge in [-0.25, -0.2) is 4.39 Å². The van der Waals surface area contributed by atoms with Crippen molar-refractivity contribution in [2.75, 3.05) is 0 Å². The number of aryl methyl sites for hydroxylation is 2. The quantitative estimate of drug-likeness (QED) is 0.313. The molecule has 2 fully saturated rings. The van der Waals surface area contributed by atoms with Gasteiger partial charge in [0.25, 0.3) is 0 Å². The van der Waals surface area contributed by atoms with Gasteiger partial charge in [-0.05, 0) is 68.6 Å². The second-order valence-corrected chi connectivity index (χ2v) is 8.25. The number of benzene rings is 1. The van der Waals surface area contributed by atoms with E-state index in [-0.39, 0.29) is 52.7 Å². The molecule has 0 nitrogen and oxygen atoms in total. The van der Waals surface area contributed by atoms with E-state index in [9.17, 15) is 4.39 Å². The summed E-state index contributed by atoms with van der Waals surface area (Å²) in [5.74, 6) is 3.37. The van der Waals surface area contributed by atoms with E-state index >= 15 is 0 Å².